The summed E-state index contributed by atoms with van der Waals surface area (Å²) in [5, 5.41) is 6.33. The van der Waals surface area contributed by atoms with Gasteiger partial charge < -0.3 is 15.4 Å². The maximum atomic E-state index is 11.9. The fraction of sp³-hybridized carbons (Fsp3) is 0.909. The van der Waals surface area contributed by atoms with Crippen LogP contribution in [0.25, 0.3) is 0 Å². The van der Waals surface area contributed by atoms with Crippen LogP contribution >= 0.6 is 0 Å². The number of amides is 1. The molecule has 3 atom stereocenters. The molecule has 2 N–H and O–H groups in total. The van der Waals surface area contributed by atoms with E-state index in [1.807, 2.05) is 6.92 Å². The topological polar surface area (TPSA) is 50.4 Å². The summed E-state index contributed by atoms with van der Waals surface area (Å²) in [6.45, 7) is 3.76. The Kier molecular flexibility index (Phi) is 3.59. The average Bonchev–Trinajstić information content (AvgIpc) is 2.66. The van der Waals surface area contributed by atoms with Crippen molar-refractivity contribution in [1.29, 1.82) is 0 Å². The Morgan fingerprint density at radius 2 is 2.27 bits per heavy atom. The van der Waals surface area contributed by atoms with Crippen molar-refractivity contribution in [3.05, 3.63) is 0 Å². The Bertz CT molecular complexity index is 227. The average molecular weight is 212 g/mol. The zero-order chi connectivity index (χ0) is 10.7. The first-order chi connectivity index (χ1) is 7.27. The second-order valence-corrected chi connectivity index (χ2v) is 4.48. The van der Waals surface area contributed by atoms with Gasteiger partial charge in [0.25, 0.3) is 0 Å². The van der Waals surface area contributed by atoms with E-state index < -0.39 is 0 Å². The van der Waals surface area contributed by atoms with Crippen LogP contribution in [-0.2, 0) is 9.53 Å². The molecule has 0 spiro atoms. The molecule has 0 aliphatic carbocycles. The molecule has 2 rings (SSSR count). The summed E-state index contributed by atoms with van der Waals surface area (Å²) in [7, 11) is 0. The van der Waals surface area contributed by atoms with Gasteiger partial charge in [0.1, 0.15) is 0 Å². The van der Waals surface area contributed by atoms with Crippen molar-refractivity contribution in [3.63, 3.8) is 0 Å². The predicted octanol–water partition coefficient (Wildman–Crippen LogP) is 0.422. The van der Waals surface area contributed by atoms with Crippen LogP contribution in [-0.4, -0.2) is 37.2 Å². The first-order valence-electron chi connectivity index (χ1n) is 5.93. The molecular weight excluding hydrogens is 192 g/mol. The molecule has 2 heterocycles. The molecule has 2 fully saturated rings. The van der Waals surface area contributed by atoms with Crippen LogP contribution in [0, 0.1) is 0 Å². The minimum Gasteiger partial charge on any atom is -0.376 e. The lowest BCUT2D eigenvalue weighted by Gasteiger charge is -2.25. The smallest absolute Gasteiger partial charge is 0.237 e. The Labute approximate surface area is 90.8 Å². The van der Waals surface area contributed by atoms with Gasteiger partial charge in [0.05, 0.1) is 18.2 Å². The number of nitrogens with one attached hydrogen (secondary N) is 2. The fourth-order valence-electron chi connectivity index (χ4n) is 2.28. The summed E-state index contributed by atoms with van der Waals surface area (Å²) in [6, 6.07) is 0.229. The molecule has 1 amide bonds. The number of piperidine rings is 1. The van der Waals surface area contributed by atoms with E-state index >= 15 is 0 Å². The Morgan fingerprint density at radius 3 is 2.87 bits per heavy atom. The highest BCUT2D eigenvalue weighted by molar-refractivity contribution is 5.82. The second-order valence-electron chi connectivity index (χ2n) is 4.48. The SMILES string of the molecule is CC1OCCC1NC(=O)C1CCCCN1. The van der Waals surface area contributed by atoms with Crippen LogP contribution < -0.4 is 10.6 Å². The van der Waals surface area contributed by atoms with Gasteiger partial charge in [0.2, 0.25) is 5.91 Å². The number of carbonyl (C=O) groups is 1. The molecule has 4 heteroatoms. The first kappa shape index (κ1) is 10.9. The Hall–Kier alpha value is -0.610. The minimum absolute atomic E-state index is 0.0200. The van der Waals surface area contributed by atoms with Crippen LogP contribution in [0.4, 0.5) is 0 Å². The van der Waals surface area contributed by atoms with Crippen LogP contribution in [0.2, 0.25) is 0 Å². The zero-order valence-corrected chi connectivity index (χ0v) is 9.29. The normalized spacial score (nSPS) is 36.5. The van der Waals surface area contributed by atoms with Crippen molar-refractivity contribution in [3.8, 4) is 0 Å². The number of rotatable bonds is 2. The van der Waals surface area contributed by atoms with Gasteiger partial charge in [-0.25, -0.2) is 0 Å². The van der Waals surface area contributed by atoms with E-state index in [0.717, 1.165) is 32.4 Å². The standard InChI is InChI=1S/C11H20N2O2/c1-8-9(5-7-15-8)13-11(14)10-4-2-3-6-12-10/h8-10,12H,2-7H2,1H3,(H,13,14). The molecule has 0 radical (unpaired) electrons. The third kappa shape index (κ3) is 2.69. The fourth-order valence-corrected chi connectivity index (χ4v) is 2.28. The molecule has 2 saturated heterocycles. The van der Waals surface area contributed by atoms with E-state index in [9.17, 15) is 4.79 Å². The lowest BCUT2D eigenvalue weighted by molar-refractivity contribution is -0.124. The van der Waals surface area contributed by atoms with E-state index in [4.69, 9.17) is 4.74 Å². The molecule has 0 aromatic rings. The van der Waals surface area contributed by atoms with Crippen molar-refractivity contribution < 1.29 is 9.53 Å². The van der Waals surface area contributed by atoms with Gasteiger partial charge in [-0.3, -0.25) is 4.79 Å². The molecule has 4 nitrogen and oxygen atoms in total. The van der Waals surface area contributed by atoms with Crippen molar-refractivity contribution in [2.45, 2.75) is 50.8 Å². The highest BCUT2D eigenvalue weighted by atomic mass is 16.5. The number of carbonyl (C=O) groups excluding carboxylic acids is 1. The summed E-state index contributed by atoms with van der Waals surface area (Å²) in [5.41, 5.74) is 0. The molecule has 2 aliphatic heterocycles. The Morgan fingerprint density at radius 1 is 1.40 bits per heavy atom. The maximum absolute atomic E-state index is 11.9. The van der Waals surface area contributed by atoms with Crippen LogP contribution in [0.15, 0.2) is 0 Å². The minimum atomic E-state index is 0.0200. The van der Waals surface area contributed by atoms with Gasteiger partial charge in [-0.1, -0.05) is 6.42 Å². The summed E-state index contributed by atoms with van der Waals surface area (Å²) in [5.74, 6) is 0.150. The number of hydrogen-bond donors (Lipinski definition) is 2. The summed E-state index contributed by atoms with van der Waals surface area (Å²) in [4.78, 5) is 11.9. The zero-order valence-electron chi connectivity index (χ0n) is 9.29. The van der Waals surface area contributed by atoms with E-state index in [-0.39, 0.29) is 24.1 Å². The van der Waals surface area contributed by atoms with Crippen molar-refractivity contribution >= 4 is 5.91 Å². The van der Waals surface area contributed by atoms with Gasteiger partial charge in [-0.2, -0.15) is 0 Å². The van der Waals surface area contributed by atoms with Gasteiger partial charge in [0.15, 0.2) is 0 Å². The monoisotopic (exact) mass is 212 g/mol. The predicted molar refractivity (Wildman–Crippen MR) is 57.6 cm³/mol. The van der Waals surface area contributed by atoms with Gasteiger partial charge in [0, 0.05) is 6.61 Å². The van der Waals surface area contributed by atoms with Crippen LogP contribution in [0.3, 0.4) is 0 Å². The van der Waals surface area contributed by atoms with Gasteiger partial charge in [-0.05, 0) is 32.7 Å². The van der Waals surface area contributed by atoms with Gasteiger partial charge in [-0.15, -0.1) is 0 Å². The third-order valence-corrected chi connectivity index (χ3v) is 3.33. The maximum Gasteiger partial charge on any atom is 0.237 e. The highest BCUT2D eigenvalue weighted by Crippen LogP contribution is 2.14. The summed E-state index contributed by atoms with van der Waals surface area (Å²) < 4.78 is 5.42. The summed E-state index contributed by atoms with van der Waals surface area (Å²) in [6.07, 6.45) is 4.42. The Balaban J connectivity index is 1.80. The number of hydrogen-bond acceptors (Lipinski definition) is 3. The lowest BCUT2D eigenvalue weighted by Crippen LogP contribution is -2.51. The largest absolute Gasteiger partial charge is 0.376 e. The van der Waals surface area contributed by atoms with Crippen molar-refractivity contribution in [2.75, 3.05) is 13.2 Å². The molecule has 0 aromatic heterocycles. The third-order valence-electron chi connectivity index (χ3n) is 3.33. The number of ether oxygens (including phenoxy) is 1. The van der Waals surface area contributed by atoms with Crippen LogP contribution in [0.1, 0.15) is 32.6 Å². The molecule has 0 saturated carbocycles. The van der Waals surface area contributed by atoms with E-state index in [1.54, 1.807) is 0 Å². The molecule has 15 heavy (non-hydrogen) atoms. The molecule has 3 unspecified atom stereocenters. The summed E-state index contributed by atoms with van der Waals surface area (Å²) >= 11 is 0. The van der Waals surface area contributed by atoms with E-state index in [1.165, 1.54) is 6.42 Å². The molecular formula is C11H20N2O2. The van der Waals surface area contributed by atoms with Crippen molar-refractivity contribution in [1.82, 2.24) is 10.6 Å². The van der Waals surface area contributed by atoms with E-state index in [0.29, 0.717) is 0 Å². The second kappa shape index (κ2) is 4.94. The van der Waals surface area contributed by atoms with Gasteiger partial charge >= 0.3 is 0 Å². The molecule has 0 bridgehead atoms. The lowest BCUT2D eigenvalue weighted by atomic mass is 10.0. The molecule has 2 aliphatic rings. The first-order valence-corrected chi connectivity index (χ1v) is 5.93. The van der Waals surface area contributed by atoms with E-state index in [2.05, 4.69) is 10.6 Å². The highest BCUT2D eigenvalue weighted by Gasteiger charge is 2.28. The molecule has 86 valence electrons. The van der Waals surface area contributed by atoms with Crippen LogP contribution in [0.5, 0.6) is 0 Å². The molecule has 0 aromatic carbocycles. The quantitative estimate of drug-likeness (QED) is 0.697. The van der Waals surface area contributed by atoms with Crippen molar-refractivity contribution in [2.24, 2.45) is 0 Å².